The molecule has 0 aliphatic carbocycles. The molecule has 3 N–H and O–H groups in total. The van der Waals surface area contributed by atoms with E-state index in [0.717, 1.165) is 6.07 Å². The number of aromatic nitrogens is 1. The maximum atomic E-state index is 13.3. The minimum atomic E-state index is -1.03. The molecule has 0 bridgehead atoms. The molecule has 1 aromatic carbocycles. The van der Waals surface area contributed by atoms with Gasteiger partial charge < -0.3 is 15.4 Å². The number of phenolic OH excluding ortho intramolecular Hbond substituents is 1. The predicted molar refractivity (Wildman–Crippen MR) is 47.9 cm³/mol. The minimum absolute atomic E-state index is 0.00761. The highest BCUT2D eigenvalue weighted by Crippen LogP contribution is 2.28. The van der Waals surface area contributed by atoms with Gasteiger partial charge in [-0.1, -0.05) is 5.16 Å². The van der Waals surface area contributed by atoms with E-state index in [9.17, 15) is 8.78 Å². The first-order valence-corrected chi connectivity index (χ1v) is 3.98. The zero-order valence-electron chi connectivity index (χ0n) is 7.37. The average Bonchev–Trinajstić information content (AvgIpc) is 2.58. The monoisotopic (exact) mass is 212 g/mol. The topological polar surface area (TPSA) is 72.3 Å². The highest BCUT2D eigenvalue weighted by molar-refractivity contribution is 5.63. The van der Waals surface area contributed by atoms with Crippen molar-refractivity contribution >= 4 is 5.88 Å². The number of nitrogen functional groups attached to an aromatic ring is 1. The van der Waals surface area contributed by atoms with Crippen molar-refractivity contribution in [1.82, 2.24) is 5.16 Å². The van der Waals surface area contributed by atoms with Gasteiger partial charge in [0.15, 0.2) is 11.6 Å². The fraction of sp³-hybridized carbons (Fsp3) is 0. The summed E-state index contributed by atoms with van der Waals surface area (Å²) in [4.78, 5) is 0. The molecule has 0 amide bonds. The van der Waals surface area contributed by atoms with Gasteiger partial charge in [-0.2, -0.15) is 0 Å². The molecular weight excluding hydrogens is 206 g/mol. The van der Waals surface area contributed by atoms with Gasteiger partial charge in [-0.3, -0.25) is 0 Å². The number of phenols is 1. The number of halogens is 2. The van der Waals surface area contributed by atoms with E-state index < -0.39 is 17.4 Å². The van der Waals surface area contributed by atoms with Crippen LogP contribution >= 0.6 is 0 Å². The molecule has 0 radical (unpaired) electrons. The summed E-state index contributed by atoms with van der Waals surface area (Å²) in [5, 5.41) is 12.5. The van der Waals surface area contributed by atoms with Crippen molar-refractivity contribution in [3.8, 4) is 17.0 Å². The maximum absolute atomic E-state index is 13.3. The summed E-state index contributed by atoms with van der Waals surface area (Å²) in [6.07, 6.45) is 0. The number of nitrogens with zero attached hydrogens (tertiary/aromatic N) is 1. The van der Waals surface area contributed by atoms with Crippen molar-refractivity contribution in [2.24, 2.45) is 0 Å². The van der Waals surface area contributed by atoms with Crippen molar-refractivity contribution < 1.29 is 18.4 Å². The number of rotatable bonds is 1. The lowest BCUT2D eigenvalue weighted by molar-refractivity contribution is 0.427. The molecule has 2 rings (SSSR count). The molecule has 0 aliphatic rings. The van der Waals surface area contributed by atoms with Crippen molar-refractivity contribution in [2.75, 3.05) is 5.73 Å². The number of hydrogen-bond donors (Lipinski definition) is 2. The second-order valence-electron chi connectivity index (χ2n) is 2.90. The molecule has 4 nitrogen and oxygen atoms in total. The average molecular weight is 212 g/mol. The van der Waals surface area contributed by atoms with Crippen LogP contribution in [-0.2, 0) is 0 Å². The van der Waals surface area contributed by atoms with E-state index in [1.807, 2.05) is 0 Å². The first kappa shape index (κ1) is 9.45. The van der Waals surface area contributed by atoms with Crippen LogP contribution in [0.1, 0.15) is 0 Å². The Labute approximate surface area is 82.9 Å². The largest absolute Gasteiger partial charge is 0.505 e. The molecule has 1 aromatic heterocycles. The van der Waals surface area contributed by atoms with Crippen molar-refractivity contribution in [2.45, 2.75) is 0 Å². The van der Waals surface area contributed by atoms with E-state index in [-0.39, 0.29) is 17.1 Å². The Bertz CT molecular complexity index is 511. The lowest BCUT2D eigenvalue weighted by Gasteiger charge is -2.00. The minimum Gasteiger partial charge on any atom is -0.505 e. The summed E-state index contributed by atoms with van der Waals surface area (Å²) >= 11 is 0. The zero-order chi connectivity index (χ0) is 11.0. The summed E-state index contributed by atoms with van der Waals surface area (Å²) in [6, 6.07) is 2.76. The molecular formula is C9H6F2N2O2. The van der Waals surface area contributed by atoms with Crippen LogP contribution in [0.2, 0.25) is 0 Å². The Hall–Kier alpha value is -2.11. The molecule has 0 aliphatic heterocycles. The molecule has 1 heterocycles. The zero-order valence-corrected chi connectivity index (χ0v) is 7.37. The summed E-state index contributed by atoms with van der Waals surface area (Å²) in [5.41, 5.74) is 5.27. The van der Waals surface area contributed by atoms with Crippen molar-refractivity contribution in [1.29, 1.82) is 0 Å². The first-order chi connectivity index (χ1) is 7.08. The Morgan fingerprint density at radius 1 is 1.20 bits per heavy atom. The quantitative estimate of drug-likeness (QED) is 0.757. The van der Waals surface area contributed by atoms with Crippen LogP contribution in [0.5, 0.6) is 5.75 Å². The standard InChI is InChI=1S/C9H6F2N2O2/c10-5-2-6(11)8(14)1-4(5)7-3-9(12)15-13-7/h1-3,14H,12H2. The van der Waals surface area contributed by atoms with Gasteiger partial charge in [0.25, 0.3) is 0 Å². The second kappa shape index (κ2) is 3.23. The van der Waals surface area contributed by atoms with E-state index in [4.69, 9.17) is 10.8 Å². The van der Waals surface area contributed by atoms with Crippen LogP contribution in [-0.4, -0.2) is 10.3 Å². The van der Waals surface area contributed by atoms with Crippen molar-refractivity contribution in [3.05, 3.63) is 29.8 Å². The van der Waals surface area contributed by atoms with E-state index in [1.165, 1.54) is 6.07 Å². The molecule has 0 unspecified atom stereocenters. The Morgan fingerprint density at radius 2 is 1.93 bits per heavy atom. The fourth-order valence-electron chi connectivity index (χ4n) is 1.15. The smallest absolute Gasteiger partial charge is 0.222 e. The van der Waals surface area contributed by atoms with Gasteiger partial charge >= 0.3 is 0 Å². The molecule has 0 atom stereocenters. The summed E-state index contributed by atoms with van der Waals surface area (Å²) in [6.45, 7) is 0. The van der Waals surface area contributed by atoms with Gasteiger partial charge in [-0.25, -0.2) is 8.78 Å². The third-order valence-electron chi connectivity index (χ3n) is 1.84. The third kappa shape index (κ3) is 1.61. The molecule has 6 heteroatoms. The van der Waals surface area contributed by atoms with Gasteiger partial charge in [0.1, 0.15) is 11.5 Å². The number of aromatic hydroxyl groups is 1. The normalized spacial score (nSPS) is 10.5. The first-order valence-electron chi connectivity index (χ1n) is 3.98. The molecule has 15 heavy (non-hydrogen) atoms. The fourth-order valence-corrected chi connectivity index (χ4v) is 1.15. The van der Waals surface area contributed by atoms with E-state index >= 15 is 0 Å². The molecule has 2 aromatic rings. The highest BCUT2D eigenvalue weighted by atomic mass is 19.1. The molecule has 0 spiro atoms. The molecule has 78 valence electrons. The summed E-state index contributed by atoms with van der Waals surface area (Å²) in [7, 11) is 0. The van der Waals surface area contributed by atoms with Gasteiger partial charge in [-0.05, 0) is 6.07 Å². The van der Waals surface area contributed by atoms with Gasteiger partial charge in [0, 0.05) is 17.7 Å². The van der Waals surface area contributed by atoms with E-state index in [0.29, 0.717) is 6.07 Å². The number of anilines is 1. The second-order valence-corrected chi connectivity index (χ2v) is 2.90. The van der Waals surface area contributed by atoms with Crippen LogP contribution in [0.3, 0.4) is 0 Å². The van der Waals surface area contributed by atoms with Gasteiger partial charge in [0.2, 0.25) is 5.88 Å². The molecule has 0 fully saturated rings. The lowest BCUT2D eigenvalue weighted by Crippen LogP contribution is -1.87. The molecule has 0 saturated carbocycles. The number of benzene rings is 1. The Morgan fingerprint density at radius 3 is 2.53 bits per heavy atom. The van der Waals surface area contributed by atoms with Gasteiger partial charge in [0.05, 0.1) is 0 Å². The van der Waals surface area contributed by atoms with Crippen LogP contribution in [0.25, 0.3) is 11.3 Å². The van der Waals surface area contributed by atoms with Crippen molar-refractivity contribution in [3.63, 3.8) is 0 Å². The SMILES string of the molecule is Nc1cc(-c2cc(O)c(F)cc2F)no1. The van der Waals surface area contributed by atoms with Crippen LogP contribution in [0, 0.1) is 11.6 Å². The maximum Gasteiger partial charge on any atom is 0.222 e. The molecule has 0 saturated heterocycles. The highest BCUT2D eigenvalue weighted by Gasteiger charge is 2.13. The van der Waals surface area contributed by atoms with E-state index in [1.54, 1.807) is 0 Å². The van der Waals surface area contributed by atoms with Gasteiger partial charge in [-0.15, -0.1) is 0 Å². The van der Waals surface area contributed by atoms with Crippen LogP contribution < -0.4 is 5.73 Å². The summed E-state index contributed by atoms with van der Waals surface area (Å²) < 4.78 is 30.5. The van der Waals surface area contributed by atoms with Crippen LogP contribution in [0.4, 0.5) is 14.7 Å². The number of hydrogen-bond acceptors (Lipinski definition) is 4. The predicted octanol–water partition coefficient (Wildman–Crippen LogP) is 1.91. The van der Waals surface area contributed by atoms with E-state index in [2.05, 4.69) is 9.68 Å². The Balaban J connectivity index is 2.58. The summed E-state index contributed by atoms with van der Waals surface area (Å²) in [5.74, 6) is -2.53. The van der Waals surface area contributed by atoms with Crippen LogP contribution in [0.15, 0.2) is 22.7 Å². The number of nitrogens with two attached hydrogens (primary N) is 1. The third-order valence-corrected chi connectivity index (χ3v) is 1.84. The Kier molecular flexibility index (Phi) is 2.03. The lowest BCUT2D eigenvalue weighted by atomic mass is 10.1.